The van der Waals surface area contributed by atoms with Gasteiger partial charge < -0.3 is 19.9 Å². The summed E-state index contributed by atoms with van der Waals surface area (Å²) in [5.74, 6) is -1.04. The average Bonchev–Trinajstić information content (AvgIpc) is 3.11. The lowest BCUT2D eigenvalue weighted by Crippen LogP contribution is -2.68. The Morgan fingerprint density at radius 2 is 2.07 bits per heavy atom. The van der Waals surface area contributed by atoms with E-state index in [4.69, 9.17) is 0 Å². The molecule has 1 aromatic heterocycles. The molecule has 150 valence electrons. The molecular weight excluding hydrogens is 363 g/mol. The zero-order valence-electron chi connectivity index (χ0n) is 16.2. The van der Waals surface area contributed by atoms with Crippen LogP contribution >= 0.6 is 0 Å². The van der Waals surface area contributed by atoms with Crippen molar-refractivity contribution in [1.82, 2.24) is 19.8 Å². The molecule has 0 atom stereocenters. The molecule has 0 bridgehead atoms. The van der Waals surface area contributed by atoms with Crippen LogP contribution in [-0.2, 0) is 4.79 Å². The number of carbonyl (C=O) groups excluding carboxylic acids is 2. The van der Waals surface area contributed by atoms with Gasteiger partial charge in [-0.3, -0.25) is 9.59 Å². The van der Waals surface area contributed by atoms with E-state index < -0.39 is 16.8 Å². The van der Waals surface area contributed by atoms with Crippen LogP contribution in [0.2, 0.25) is 0 Å². The molecule has 4 rings (SSSR count). The van der Waals surface area contributed by atoms with E-state index in [1.54, 1.807) is 23.6 Å². The summed E-state index contributed by atoms with van der Waals surface area (Å²) in [5.41, 5.74) is -0.195. The first-order valence-electron chi connectivity index (χ1n) is 9.62. The summed E-state index contributed by atoms with van der Waals surface area (Å²) >= 11 is 0. The molecule has 1 spiro atoms. The third-order valence-corrected chi connectivity index (χ3v) is 6.18. The number of carbonyl (C=O) groups is 2. The number of benzene rings is 1. The number of fused-ring (bicyclic) bond motifs is 1. The van der Waals surface area contributed by atoms with E-state index >= 15 is 0 Å². The number of nitrogens with one attached hydrogen (secondary N) is 1. The molecule has 2 amide bonds. The number of nitrogens with zero attached hydrogens (tertiary/aromatic N) is 3. The van der Waals surface area contributed by atoms with Gasteiger partial charge in [0.25, 0.3) is 5.91 Å². The number of aromatic nitrogens is 2. The van der Waals surface area contributed by atoms with Crippen molar-refractivity contribution >= 4 is 22.8 Å². The zero-order valence-corrected chi connectivity index (χ0v) is 16.2. The first-order chi connectivity index (χ1) is 13.3. The molecule has 2 fully saturated rings. The van der Waals surface area contributed by atoms with Crippen molar-refractivity contribution in [2.45, 2.75) is 38.6 Å². The first-order valence-corrected chi connectivity index (χ1v) is 9.62. The Hall–Kier alpha value is -2.48. The summed E-state index contributed by atoms with van der Waals surface area (Å²) < 4.78 is 14.6. The van der Waals surface area contributed by atoms with Gasteiger partial charge in [0.05, 0.1) is 40.5 Å². The Labute approximate surface area is 162 Å². The Kier molecular flexibility index (Phi) is 4.41. The smallest absolute Gasteiger partial charge is 0.257 e. The lowest BCUT2D eigenvalue weighted by molar-refractivity contribution is -0.149. The quantitative estimate of drug-likeness (QED) is 0.841. The second kappa shape index (κ2) is 6.55. The number of hydrogen-bond acceptors (Lipinski definition) is 4. The van der Waals surface area contributed by atoms with Crippen LogP contribution in [0.5, 0.6) is 0 Å². The summed E-state index contributed by atoms with van der Waals surface area (Å²) in [7, 11) is 0. The lowest BCUT2D eigenvalue weighted by Gasteiger charge is -2.56. The third kappa shape index (κ3) is 2.87. The van der Waals surface area contributed by atoms with E-state index in [1.807, 2.05) is 0 Å². The molecule has 1 saturated carbocycles. The molecule has 7 nitrogen and oxygen atoms in total. The SMILES string of the molecule is CC(C)(CO)C(=O)N1CCN(C(=O)c2cc3nc[nH]c3cc2F)C2(CCC2)C1. The molecule has 8 heteroatoms. The second-order valence-electron chi connectivity index (χ2n) is 8.56. The zero-order chi connectivity index (χ0) is 20.1. The number of aliphatic hydroxyl groups is 1. The molecule has 2 aliphatic rings. The lowest BCUT2D eigenvalue weighted by atomic mass is 9.73. The predicted molar refractivity (Wildman–Crippen MR) is 101 cm³/mol. The minimum atomic E-state index is -0.853. The van der Waals surface area contributed by atoms with Gasteiger partial charge in [0.15, 0.2) is 0 Å². The van der Waals surface area contributed by atoms with Gasteiger partial charge in [0, 0.05) is 25.7 Å². The van der Waals surface area contributed by atoms with Crippen LogP contribution in [-0.4, -0.2) is 68.5 Å². The maximum atomic E-state index is 14.6. The van der Waals surface area contributed by atoms with Crippen molar-refractivity contribution in [2.75, 3.05) is 26.2 Å². The topological polar surface area (TPSA) is 89.5 Å². The monoisotopic (exact) mass is 388 g/mol. The highest BCUT2D eigenvalue weighted by Crippen LogP contribution is 2.42. The molecule has 0 unspecified atom stereocenters. The molecule has 1 saturated heterocycles. The van der Waals surface area contributed by atoms with Gasteiger partial charge in [-0.15, -0.1) is 0 Å². The highest BCUT2D eigenvalue weighted by Gasteiger charge is 2.50. The van der Waals surface area contributed by atoms with E-state index in [1.165, 1.54) is 18.5 Å². The Balaban J connectivity index is 1.61. The van der Waals surface area contributed by atoms with Crippen LogP contribution in [0.3, 0.4) is 0 Å². The van der Waals surface area contributed by atoms with E-state index in [0.717, 1.165) is 19.3 Å². The highest BCUT2D eigenvalue weighted by atomic mass is 19.1. The molecule has 2 heterocycles. The molecular formula is C20H25FN4O3. The van der Waals surface area contributed by atoms with Gasteiger partial charge in [-0.2, -0.15) is 0 Å². The van der Waals surface area contributed by atoms with Crippen molar-refractivity contribution in [2.24, 2.45) is 5.41 Å². The number of rotatable bonds is 3. The number of imidazole rings is 1. The molecule has 1 aromatic carbocycles. The van der Waals surface area contributed by atoms with E-state index in [2.05, 4.69) is 9.97 Å². The minimum absolute atomic E-state index is 0.0151. The van der Waals surface area contributed by atoms with Gasteiger partial charge in [0.2, 0.25) is 5.91 Å². The summed E-state index contributed by atoms with van der Waals surface area (Å²) in [6.07, 6.45) is 4.01. The maximum absolute atomic E-state index is 14.6. The second-order valence-corrected chi connectivity index (χ2v) is 8.56. The van der Waals surface area contributed by atoms with Gasteiger partial charge >= 0.3 is 0 Å². The fourth-order valence-corrected chi connectivity index (χ4v) is 4.24. The number of H-pyrrole nitrogens is 1. The van der Waals surface area contributed by atoms with Crippen molar-refractivity contribution in [3.63, 3.8) is 0 Å². The van der Waals surface area contributed by atoms with Crippen LogP contribution < -0.4 is 0 Å². The van der Waals surface area contributed by atoms with Gasteiger partial charge in [-0.1, -0.05) is 0 Å². The van der Waals surface area contributed by atoms with Crippen LogP contribution in [0.1, 0.15) is 43.5 Å². The third-order valence-electron chi connectivity index (χ3n) is 6.18. The molecule has 1 aliphatic carbocycles. The number of aliphatic hydroxyl groups excluding tert-OH is 1. The number of hydrogen-bond donors (Lipinski definition) is 2. The van der Waals surface area contributed by atoms with Crippen LogP contribution in [0.15, 0.2) is 18.5 Å². The van der Waals surface area contributed by atoms with E-state index in [-0.39, 0.29) is 24.0 Å². The van der Waals surface area contributed by atoms with Crippen molar-refractivity contribution in [1.29, 1.82) is 0 Å². The Morgan fingerprint density at radius 3 is 2.71 bits per heavy atom. The average molecular weight is 388 g/mol. The minimum Gasteiger partial charge on any atom is -0.395 e. The van der Waals surface area contributed by atoms with Crippen LogP contribution in [0.25, 0.3) is 11.0 Å². The van der Waals surface area contributed by atoms with E-state index in [0.29, 0.717) is 30.7 Å². The summed E-state index contributed by atoms with van der Waals surface area (Å²) in [5, 5.41) is 9.52. The summed E-state index contributed by atoms with van der Waals surface area (Å²) in [6, 6.07) is 2.79. The number of piperazine rings is 1. The van der Waals surface area contributed by atoms with Gasteiger partial charge in [0.1, 0.15) is 5.82 Å². The molecule has 1 aliphatic heterocycles. The van der Waals surface area contributed by atoms with Crippen LogP contribution in [0, 0.1) is 11.2 Å². The first kappa shape index (κ1) is 18.9. The largest absolute Gasteiger partial charge is 0.395 e. The van der Waals surface area contributed by atoms with Crippen molar-refractivity contribution in [3.8, 4) is 0 Å². The van der Waals surface area contributed by atoms with Gasteiger partial charge in [-0.05, 0) is 39.2 Å². The highest BCUT2D eigenvalue weighted by molar-refractivity contribution is 5.98. The maximum Gasteiger partial charge on any atom is 0.257 e. The normalized spacial score (nSPS) is 19.1. The molecule has 2 N–H and O–H groups in total. The molecule has 28 heavy (non-hydrogen) atoms. The predicted octanol–water partition coefficient (Wildman–Crippen LogP) is 1.93. The summed E-state index contributed by atoms with van der Waals surface area (Å²) in [4.78, 5) is 36.5. The Morgan fingerprint density at radius 1 is 1.32 bits per heavy atom. The van der Waals surface area contributed by atoms with Crippen LogP contribution in [0.4, 0.5) is 4.39 Å². The molecule has 2 aromatic rings. The fraction of sp³-hybridized carbons (Fsp3) is 0.550. The van der Waals surface area contributed by atoms with Gasteiger partial charge in [-0.25, -0.2) is 9.37 Å². The van der Waals surface area contributed by atoms with Crippen molar-refractivity contribution in [3.05, 3.63) is 29.8 Å². The van der Waals surface area contributed by atoms with E-state index in [9.17, 15) is 19.1 Å². The van der Waals surface area contributed by atoms with Crippen molar-refractivity contribution < 1.29 is 19.1 Å². The Bertz CT molecular complexity index is 935. The fourth-order valence-electron chi connectivity index (χ4n) is 4.24. The number of halogens is 1. The number of amides is 2. The standard InChI is InChI=1S/C20H25FN4O3/c1-19(2,11-26)18(28)24-6-7-25(20(10-24)4-3-5-20)17(27)13-8-15-16(9-14(13)21)23-12-22-15/h8-9,12,26H,3-7,10-11H2,1-2H3,(H,22,23). The number of aromatic amines is 1. The molecule has 0 radical (unpaired) electrons. The summed E-state index contributed by atoms with van der Waals surface area (Å²) in [6.45, 7) is 4.36.